The lowest BCUT2D eigenvalue weighted by molar-refractivity contribution is 0.332. The maximum absolute atomic E-state index is 7.66. The van der Waals surface area contributed by atoms with Gasteiger partial charge in [0.25, 0.3) is 0 Å². The number of fused-ring (bicyclic) bond motifs is 14. The van der Waals surface area contributed by atoms with E-state index in [0.717, 1.165) is 36.2 Å². The second-order valence-corrected chi connectivity index (χ2v) is 22.0. The van der Waals surface area contributed by atoms with Crippen LogP contribution in [0.4, 0.5) is 28.4 Å². The van der Waals surface area contributed by atoms with Crippen LogP contribution in [0.3, 0.4) is 0 Å². The number of hydrogen-bond donors (Lipinski definition) is 0. The monoisotopic (exact) mass is 848 g/mol. The van der Waals surface area contributed by atoms with Crippen LogP contribution in [-0.4, -0.2) is 6.85 Å². The minimum absolute atomic E-state index is 0.0410. The van der Waals surface area contributed by atoms with Gasteiger partial charge in [-0.1, -0.05) is 128 Å². The van der Waals surface area contributed by atoms with Gasteiger partial charge in [0.15, 0.2) is 0 Å². The minimum Gasteiger partial charge on any atom is -0.466 e. The first-order valence-electron chi connectivity index (χ1n) is 23.6. The summed E-state index contributed by atoms with van der Waals surface area (Å²) in [5.41, 5.74) is 21.5. The van der Waals surface area contributed by atoms with Crippen molar-refractivity contribution in [2.75, 3.05) is 9.71 Å². The lowest BCUT2D eigenvalue weighted by Gasteiger charge is -2.45. The first kappa shape index (κ1) is 38.4. The van der Waals surface area contributed by atoms with Crippen LogP contribution in [0.5, 0.6) is 0 Å². The van der Waals surface area contributed by atoms with Crippen LogP contribution in [0, 0.1) is 0 Å². The number of rotatable bonds is 5. The summed E-state index contributed by atoms with van der Waals surface area (Å²) < 4.78 is 10.3. The molecule has 0 amide bonds. The Labute approximate surface area is 381 Å². The van der Waals surface area contributed by atoms with Crippen LogP contribution in [0.25, 0.3) is 53.4 Å². The predicted octanol–water partition coefficient (Wildman–Crippen LogP) is 15.5. The highest BCUT2D eigenvalue weighted by molar-refractivity contribution is 7.25. The molecule has 0 spiro atoms. The Balaban J connectivity index is 1.21. The van der Waals surface area contributed by atoms with Gasteiger partial charge in [-0.3, -0.25) is 0 Å². The summed E-state index contributed by atoms with van der Waals surface area (Å²) in [6.45, 7) is 16.7. The number of nitrogens with zero attached hydrogens (tertiary/aromatic N) is 2. The van der Waals surface area contributed by atoms with E-state index in [1.807, 2.05) is 11.3 Å². The maximum atomic E-state index is 7.66. The van der Waals surface area contributed by atoms with Gasteiger partial charge >= 0.3 is 6.85 Å². The highest BCUT2D eigenvalue weighted by Crippen LogP contribution is 2.59. The van der Waals surface area contributed by atoms with Gasteiger partial charge in [0.05, 0.1) is 5.69 Å². The number of furan rings is 1. The predicted molar refractivity (Wildman–Crippen MR) is 274 cm³/mol. The molecular weight excluding hydrogens is 796 g/mol. The third kappa shape index (κ3) is 5.16. The molecular formula is C59H53BN2OS. The molecule has 314 valence electrons. The number of anilines is 5. The molecule has 5 heteroatoms. The van der Waals surface area contributed by atoms with Crippen LogP contribution in [0.15, 0.2) is 138 Å². The third-order valence-electron chi connectivity index (χ3n) is 15.8. The number of thiophene rings is 1. The van der Waals surface area contributed by atoms with E-state index in [4.69, 9.17) is 4.42 Å². The molecule has 9 aromatic rings. The maximum Gasteiger partial charge on any atom is 0.375 e. The Morgan fingerprint density at radius 1 is 0.609 bits per heavy atom. The summed E-state index contributed by atoms with van der Waals surface area (Å²) in [5.74, 6) is 0. The van der Waals surface area contributed by atoms with Crippen molar-refractivity contribution < 1.29 is 4.42 Å². The van der Waals surface area contributed by atoms with Gasteiger partial charge in [0.2, 0.25) is 0 Å². The first-order chi connectivity index (χ1) is 30.9. The van der Waals surface area contributed by atoms with E-state index < -0.39 is 0 Å². The van der Waals surface area contributed by atoms with Gasteiger partial charge in [-0.2, -0.15) is 0 Å². The molecule has 13 rings (SSSR count). The molecule has 2 aromatic heterocycles. The van der Waals surface area contributed by atoms with E-state index in [1.54, 1.807) is 0 Å². The molecule has 0 unspecified atom stereocenters. The Hall–Kier alpha value is -6.04. The minimum atomic E-state index is -0.238. The van der Waals surface area contributed by atoms with Crippen LogP contribution >= 0.6 is 11.3 Å². The molecule has 0 bridgehead atoms. The summed E-state index contributed by atoms with van der Waals surface area (Å²) in [7, 11) is 0. The second kappa shape index (κ2) is 13.3. The van der Waals surface area contributed by atoms with Crippen molar-refractivity contribution in [3.63, 3.8) is 0 Å². The zero-order valence-corrected chi connectivity index (χ0v) is 38.8. The molecule has 0 saturated carbocycles. The van der Waals surface area contributed by atoms with E-state index in [2.05, 4.69) is 192 Å². The summed E-state index contributed by atoms with van der Waals surface area (Å²) in [4.78, 5) is 5.24. The van der Waals surface area contributed by atoms with Crippen molar-refractivity contribution in [3.8, 4) is 22.3 Å². The van der Waals surface area contributed by atoms with Crippen molar-refractivity contribution in [3.05, 3.63) is 161 Å². The van der Waals surface area contributed by atoms with Crippen LogP contribution in [0.1, 0.15) is 102 Å². The topological polar surface area (TPSA) is 19.6 Å². The van der Waals surface area contributed by atoms with Crippen LogP contribution in [-0.2, 0) is 22.7 Å². The van der Waals surface area contributed by atoms with Gasteiger partial charge < -0.3 is 14.1 Å². The van der Waals surface area contributed by atoms with Crippen molar-refractivity contribution in [2.45, 2.75) is 96.8 Å². The average molecular weight is 849 g/mol. The molecule has 3 nitrogen and oxygen atoms in total. The highest BCUT2D eigenvalue weighted by Gasteiger charge is 2.52. The number of benzene rings is 7. The third-order valence-corrected chi connectivity index (χ3v) is 17.0. The molecule has 4 aliphatic rings. The van der Waals surface area contributed by atoms with E-state index in [0.29, 0.717) is 0 Å². The van der Waals surface area contributed by atoms with E-state index >= 15 is 0 Å². The molecule has 2 aliphatic heterocycles. The number of para-hydroxylation sites is 1. The van der Waals surface area contributed by atoms with Gasteiger partial charge in [-0.05, 0) is 147 Å². The Bertz CT molecular complexity index is 3420. The standard InChI is InChI=1S/C59H53BN2OS/c1-8-9-17-35-24-26-36(27-25-35)61-48-32-41-38-20-13-15-22-44(38)59(6,7)53(41)52-42-33-51-40(39-21-14-16-23-50(39)64-51)31-47(42)62(37-18-11-10-12-19-37)60(54(48)52)56-55(61)43-30-45-46(34-49(43)63-56)58(4,5)29-28-57(45,2)3/h10-16,18-27,30-34H,8-9,17,28-29H2,1-7H3. The quantitative estimate of drug-likeness (QED) is 0.161. The van der Waals surface area contributed by atoms with Crippen LogP contribution < -0.4 is 20.8 Å². The normalized spacial score (nSPS) is 17.0. The molecule has 0 atom stereocenters. The van der Waals surface area contributed by atoms with Gasteiger partial charge in [0, 0.05) is 59.3 Å². The van der Waals surface area contributed by atoms with Gasteiger partial charge in [-0.25, -0.2) is 0 Å². The van der Waals surface area contributed by atoms with E-state index in [9.17, 15) is 0 Å². The van der Waals surface area contributed by atoms with Crippen LogP contribution in [0.2, 0.25) is 0 Å². The van der Waals surface area contributed by atoms with Crippen molar-refractivity contribution in [2.24, 2.45) is 0 Å². The average Bonchev–Trinajstić information content (AvgIpc) is 3.93. The lowest BCUT2D eigenvalue weighted by atomic mass is 9.45. The van der Waals surface area contributed by atoms with Crippen molar-refractivity contribution >= 4 is 88.9 Å². The van der Waals surface area contributed by atoms with Gasteiger partial charge in [-0.15, -0.1) is 11.3 Å². The second-order valence-electron chi connectivity index (χ2n) is 20.9. The number of hydrogen-bond acceptors (Lipinski definition) is 4. The fourth-order valence-corrected chi connectivity index (χ4v) is 13.5. The molecule has 64 heavy (non-hydrogen) atoms. The van der Waals surface area contributed by atoms with E-state index in [1.165, 1.54) is 117 Å². The smallest absolute Gasteiger partial charge is 0.375 e. The summed E-state index contributed by atoms with van der Waals surface area (Å²) in [5, 5.41) is 3.82. The molecule has 0 radical (unpaired) electrons. The highest BCUT2D eigenvalue weighted by atomic mass is 32.1. The fraction of sp³-hybridized carbons (Fsp3) is 0.254. The molecule has 2 aliphatic carbocycles. The number of aryl methyl sites for hydroxylation is 1. The van der Waals surface area contributed by atoms with Gasteiger partial charge in [0.1, 0.15) is 11.2 Å². The molecule has 0 fully saturated rings. The van der Waals surface area contributed by atoms with E-state index in [-0.39, 0.29) is 23.1 Å². The van der Waals surface area contributed by atoms with Crippen molar-refractivity contribution in [1.29, 1.82) is 0 Å². The summed E-state index contributed by atoms with van der Waals surface area (Å²) in [6.07, 6.45) is 5.77. The molecule has 4 heterocycles. The zero-order chi connectivity index (χ0) is 43.4. The zero-order valence-electron chi connectivity index (χ0n) is 38.0. The molecule has 0 N–H and O–H groups in total. The molecule has 0 saturated heterocycles. The largest absolute Gasteiger partial charge is 0.466 e. The lowest BCUT2D eigenvalue weighted by Crippen LogP contribution is -2.61. The first-order valence-corrected chi connectivity index (χ1v) is 24.4. The van der Waals surface area contributed by atoms with Crippen molar-refractivity contribution in [1.82, 2.24) is 0 Å². The summed E-state index contributed by atoms with van der Waals surface area (Å²) in [6, 6.07) is 51.3. The molecule has 7 aromatic carbocycles. The summed E-state index contributed by atoms with van der Waals surface area (Å²) >= 11 is 1.91. The number of unbranched alkanes of at least 4 members (excludes halogenated alkanes) is 1. The fourth-order valence-electron chi connectivity index (χ4n) is 12.4. The SMILES string of the molecule is CCCCc1ccc(N2c3cc4c(c5c3B(c3oc6cc7c(cc6c32)C(C)(C)CCC7(C)C)N(c2ccccc2)c2cc3c(cc2-5)sc2ccccc23)C(C)(C)c2ccccc2-4)cc1. The Morgan fingerprint density at radius 2 is 1.33 bits per heavy atom. The Morgan fingerprint density at radius 3 is 2.11 bits per heavy atom. The Kier molecular flexibility index (Phi) is 7.97.